The SMILES string of the molecule is COC(=O)C1=C(C(=O)OC)N(c2ccc(NC(=O)C34CC5CC(CC(C5)C3)C4)c(OC)c2)C(N)=C(C#N)C1c1ccccc1. The molecule has 0 spiro atoms. The van der Waals surface area contributed by atoms with Crippen molar-refractivity contribution in [1.82, 2.24) is 0 Å². The molecule has 1 amide bonds. The van der Waals surface area contributed by atoms with Crippen molar-refractivity contribution in [2.24, 2.45) is 28.9 Å². The first-order valence-corrected chi connectivity index (χ1v) is 14.9. The van der Waals surface area contributed by atoms with Crippen LogP contribution in [0.3, 0.4) is 0 Å². The van der Waals surface area contributed by atoms with Crippen molar-refractivity contribution >= 4 is 29.2 Å². The molecule has 0 aromatic heterocycles. The van der Waals surface area contributed by atoms with Gasteiger partial charge >= 0.3 is 11.9 Å². The van der Waals surface area contributed by atoms with Gasteiger partial charge in [-0.15, -0.1) is 0 Å². The number of allylic oxidation sites excluding steroid dienone is 1. The molecule has 1 unspecified atom stereocenters. The number of benzene rings is 2. The number of esters is 2. The summed E-state index contributed by atoms with van der Waals surface area (Å²) in [4.78, 5) is 41.8. The average molecular weight is 597 g/mol. The van der Waals surface area contributed by atoms with Gasteiger partial charge in [0.15, 0.2) is 0 Å². The van der Waals surface area contributed by atoms with Crippen molar-refractivity contribution in [3.8, 4) is 11.8 Å². The van der Waals surface area contributed by atoms with Gasteiger partial charge in [-0.05, 0) is 74.0 Å². The van der Waals surface area contributed by atoms with E-state index >= 15 is 0 Å². The molecule has 2 aromatic carbocycles. The van der Waals surface area contributed by atoms with E-state index in [9.17, 15) is 19.6 Å². The Hall–Kier alpha value is -4.78. The molecule has 0 saturated heterocycles. The van der Waals surface area contributed by atoms with Gasteiger partial charge in [0.25, 0.3) is 0 Å². The van der Waals surface area contributed by atoms with Crippen LogP contribution in [0.15, 0.2) is 71.2 Å². The third-order valence-corrected chi connectivity index (χ3v) is 9.82. The summed E-state index contributed by atoms with van der Waals surface area (Å²) in [7, 11) is 3.88. The Morgan fingerprint density at radius 1 is 0.932 bits per heavy atom. The van der Waals surface area contributed by atoms with Crippen molar-refractivity contribution in [1.29, 1.82) is 5.26 Å². The summed E-state index contributed by atoms with van der Waals surface area (Å²) < 4.78 is 15.9. The topological polar surface area (TPSA) is 144 Å². The van der Waals surface area contributed by atoms with Crippen LogP contribution in [0.5, 0.6) is 5.75 Å². The summed E-state index contributed by atoms with van der Waals surface area (Å²) in [6.45, 7) is 0. The third kappa shape index (κ3) is 4.77. The molecule has 228 valence electrons. The van der Waals surface area contributed by atoms with Crippen LogP contribution >= 0.6 is 0 Å². The number of nitrogens with one attached hydrogen (secondary N) is 1. The molecule has 3 N–H and O–H groups in total. The number of ether oxygens (including phenoxy) is 3. The molecule has 1 heterocycles. The molecule has 1 aliphatic heterocycles. The fourth-order valence-electron chi connectivity index (χ4n) is 8.35. The highest BCUT2D eigenvalue weighted by molar-refractivity contribution is 6.06. The van der Waals surface area contributed by atoms with Crippen LogP contribution in [0, 0.1) is 34.5 Å². The molecule has 2 aromatic rings. The molecule has 1 atom stereocenters. The maximum atomic E-state index is 13.8. The first-order chi connectivity index (χ1) is 21.2. The monoisotopic (exact) mass is 596 g/mol. The minimum atomic E-state index is -0.972. The molecule has 44 heavy (non-hydrogen) atoms. The molecule has 4 saturated carbocycles. The van der Waals surface area contributed by atoms with E-state index in [-0.39, 0.29) is 34.0 Å². The largest absolute Gasteiger partial charge is 0.494 e. The molecule has 5 aliphatic rings. The summed E-state index contributed by atoms with van der Waals surface area (Å²) in [6.07, 6.45) is 6.45. The fraction of sp³-hybridized carbons (Fsp3) is 0.412. The zero-order valence-electron chi connectivity index (χ0n) is 25.1. The maximum Gasteiger partial charge on any atom is 0.355 e. The number of amides is 1. The number of hydrogen-bond acceptors (Lipinski definition) is 9. The predicted octanol–water partition coefficient (Wildman–Crippen LogP) is 4.75. The second-order valence-electron chi connectivity index (χ2n) is 12.4. The van der Waals surface area contributed by atoms with Crippen molar-refractivity contribution in [2.75, 3.05) is 31.5 Å². The van der Waals surface area contributed by atoms with Gasteiger partial charge in [-0.25, -0.2) is 9.59 Å². The lowest BCUT2D eigenvalue weighted by Crippen LogP contribution is -2.51. The third-order valence-electron chi connectivity index (χ3n) is 9.82. The van der Waals surface area contributed by atoms with E-state index in [1.807, 2.05) is 0 Å². The standard InChI is InChI=1S/C34H36N4O6/c1-42-26-14-23(9-10-25(26)37-33(41)34-15-19-11-20(16-34)13-21(12-19)17-34)38-29(32(40)44-3)28(31(39)43-2)27(24(18-35)30(38)36)22-7-5-4-6-8-22/h4-10,14,19-21,27H,11-13,15-17,36H2,1-3H3,(H,37,41). The van der Waals surface area contributed by atoms with Gasteiger partial charge in [0.1, 0.15) is 17.3 Å². The Morgan fingerprint density at radius 2 is 1.55 bits per heavy atom. The van der Waals surface area contributed by atoms with Crippen molar-refractivity contribution < 1.29 is 28.6 Å². The summed E-state index contributed by atoms with van der Waals surface area (Å²) in [5.41, 5.74) is 7.45. The number of nitriles is 1. The molecular weight excluding hydrogens is 560 g/mol. The van der Waals surface area contributed by atoms with E-state index in [2.05, 4.69) is 11.4 Å². The van der Waals surface area contributed by atoms with Gasteiger partial charge in [-0.2, -0.15) is 5.26 Å². The number of carbonyl (C=O) groups excluding carboxylic acids is 3. The van der Waals surface area contributed by atoms with E-state index in [1.54, 1.807) is 48.5 Å². The lowest BCUT2D eigenvalue weighted by molar-refractivity contribution is -0.140. The molecule has 0 radical (unpaired) electrons. The van der Waals surface area contributed by atoms with Crippen LogP contribution in [0.1, 0.15) is 50.0 Å². The molecule has 4 bridgehead atoms. The van der Waals surface area contributed by atoms with Gasteiger partial charge in [-0.3, -0.25) is 9.69 Å². The van der Waals surface area contributed by atoms with Crippen LogP contribution in [0.4, 0.5) is 11.4 Å². The molecule has 4 aliphatic carbocycles. The fourth-order valence-corrected chi connectivity index (χ4v) is 8.35. The van der Waals surface area contributed by atoms with Crippen LogP contribution in [-0.4, -0.2) is 39.2 Å². The van der Waals surface area contributed by atoms with Crippen LogP contribution in [-0.2, 0) is 23.9 Å². The zero-order chi connectivity index (χ0) is 31.2. The van der Waals surface area contributed by atoms with Crippen molar-refractivity contribution in [3.63, 3.8) is 0 Å². The Bertz CT molecular complexity index is 1590. The second kappa shape index (κ2) is 11.4. The number of nitrogens with two attached hydrogens (primary N) is 1. The van der Waals surface area contributed by atoms with Gasteiger partial charge in [0.05, 0.1) is 61.3 Å². The minimum Gasteiger partial charge on any atom is -0.494 e. The van der Waals surface area contributed by atoms with Crippen LogP contribution in [0.2, 0.25) is 0 Å². The summed E-state index contributed by atoms with van der Waals surface area (Å²) >= 11 is 0. The van der Waals surface area contributed by atoms with Gasteiger partial charge in [-0.1, -0.05) is 30.3 Å². The lowest BCUT2D eigenvalue weighted by Gasteiger charge is -2.55. The van der Waals surface area contributed by atoms with E-state index in [4.69, 9.17) is 19.9 Å². The van der Waals surface area contributed by atoms with E-state index < -0.39 is 17.9 Å². The Balaban J connectivity index is 1.42. The number of nitrogens with zero attached hydrogens (tertiary/aromatic N) is 2. The highest BCUT2D eigenvalue weighted by Gasteiger charge is 2.54. The molecule has 10 heteroatoms. The molecule has 4 fully saturated rings. The molecule has 7 rings (SSSR count). The normalized spacial score (nSPS) is 27.1. The summed E-state index contributed by atoms with van der Waals surface area (Å²) in [5, 5.41) is 13.4. The number of methoxy groups -OCH3 is 3. The zero-order valence-corrected chi connectivity index (χ0v) is 25.1. The van der Waals surface area contributed by atoms with Crippen LogP contribution < -0.4 is 20.7 Å². The Morgan fingerprint density at radius 3 is 2.09 bits per heavy atom. The highest BCUT2D eigenvalue weighted by atomic mass is 16.5. The number of rotatable bonds is 7. The average Bonchev–Trinajstić information content (AvgIpc) is 3.03. The van der Waals surface area contributed by atoms with E-state index in [1.165, 1.54) is 45.5 Å². The van der Waals surface area contributed by atoms with Gasteiger partial charge in [0.2, 0.25) is 5.91 Å². The van der Waals surface area contributed by atoms with Gasteiger partial charge in [0, 0.05) is 6.07 Å². The smallest absolute Gasteiger partial charge is 0.355 e. The van der Waals surface area contributed by atoms with Crippen molar-refractivity contribution in [3.05, 3.63) is 76.8 Å². The van der Waals surface area contributed by atoms with Crippen molar-refractivity contribution in [2.45, 2.75) is 44.4 Å². The van der Waals surface area contributed by atoms with E-state index in [0.29, 0.717) is 40.4 Å². The minimum absolute atomic E-state index is 0.0145. The molecule has 10 nitrogen and oxygen atoms in total. The number of hydrogen-bond donors (Lipinski definition) is 2. The predicted molar refractivity (Wildman–Crippen MR) is 162 cm³/mol. The highest BCUT2D eigenvalue weighted by Crippen LogP contribution is 2.60. The molecular formula is C34H36N4O6. The quantitative estimate of drug-likeness (QED) is 0.433. The number of anilines is 2. The van der Waals surface area contributed by atoms with Gasteiger partial charge < -0.3 is 25.3 Å². The number of carbonyl (C=O) groups is 3. The maximum absolute atomic E-state index is 13.8. The second-order valence-corrected chi connectivity index (χ2v) is 12.4. The first-order valence-electron chi connectivity index (χ1n) is 14.9. The van der Waals surface area contributed by atoms with Crippen LogP contribution in [0.25, 0.3) is 0 Å². The Labute approximate surface area is 256 Å². The summed E-state index contributed by atoms with van der Waals surface area (Å²) in [5.74, 6) is -0.478. The lowest BCUT2D eigenvalue weighted by atomic mass is 9.49. The summed E-state index contributed by atoms with van der Waals surface area (Å²) in [6, 6.07) is 15.9. The Kier molecular flexibility index (Phi) is 7.58. The van der Waals surface area contributed by atoms with E-state index in [0.717, 1.165) is 19.3 Å². The first kappa shape index (κ1) is 29.3.